The van der Waals surface area contributed by atoms with Gasteiger partial charge in [0.25, 0.3) is 0 Å². The topological polar surface area (TPSA) is 129 Å². The molecule has 3 atom stereocenters. The number of phenols is 1. The Kier molecular flexibility index (Phi) is 8.02. The van der Waals surface area contributed by atoms with Gasteiger partial charge in [0.15, 0.2) is 5.78 Å². The molecule has 2 heterocycles. The number of aromatic hydroxyl groups is 1. The zero-order valence-electron chi connectivity index (χ0n) is 17.9. The van der Waals surface area contributed by atoms with Crippen LogP contribution in [-0.2, 0) is 9.53 Å². The third kappa shape index (κ3) is 6.18. The van der Waals surface area contributed by atoms with Crippen LogP contribution in [-0.4, -0.2) is 76.3 Å². The fraction of sp³-hybridized carbons (Fsp3) is 0.435. The summed E-state index contributed by atoms with van der Waals surface area (Å²) in [4.78, 5) is 24.7. The number of hydrogen-bond acceptors (Lipinski definition) is 9. The van der Waals surface area contributed by atoms with E-state index in [4.69, 9.17) is 9.47 Å². The minimum atomic E-state index is -1.56. The number of hydrogen-bond donors (Lipinski definition) is 3. The van der Waals surface area contributed by atoms with E-state index < -0.39 is 30.1 Å². The highest BCUT2D eigenvalue weighted by molar-refractivity contribution is 5.97. The van der Waals surface area contributed by atoms with Crippen LogP contribution in [0, 0.1) is 0 Å². The molecule has 172 valence electrons. The van der Waals surface area contributed by atoms with Crippen LogP contribution < -0.4 is 4.74 Å². The standard InChI is InChI=1S/C23H28N2O7/c1-15-5-2-7-18(26)22(29)19(27)8-3-6-16-13-17(14-20(28)21(16)23(30)32-15)31-12-11-25-10-4-9-24-25/h2-3,6-7,9,13-15,19,22,27-29H,4-5,8,10-12H2,1H3/b6-3+,7-2-. The number of nitrogens with zero attached hydrogens (tertiary/aromatic N) is 2. The van der Waals surface area contributed by atoms with E-state index >= 15 is 0 Å². The number of benzene rings is 1. The Bertz CT molecular complexity index is 925. The van der Waals surface area contributed by atoms with E-state index in [2.05, 4.69) is 5.10 Å². The molecule has 0 aliphatic carbocycles. The predicted octanol–water partition coefficient (Wildman–Crippen LogP) is 1.66. The second-order valence-corrected chi connectivity index (χ2v) is 7.70. The van der Waals surface area contributed by atoms with Gasteiger partial charge in [0.2, 0.25) is 0 Å². The van der Waals surface area contributed by atoms with Crippen molar-refractivity contribution in [1.82, 2.24) is 5.01 Å². The number of aliphatic hydroxyl groups excluding tert-OH is 2. The van der Waals surface area contributed by atoms with E-state index in [1.54, 1.807) is 13.0 Å². The average Bonchev–Trinajstić information content (AvgIpc) is 3.25. The fourth-order valence-electron chi connectivity index (χ4n) is 3.35. The summed E-state index contributed by atoms with van der Waals surface area (Å²) < 4.78 is 11.1. The second-order valence-electron chi connectivity index (χ2n) is 7.70. The van der Waals surface area contributed by atoms with E-state index in [9.17, 15) is 24.9 Å². The lowest BCUT2D eigenvalue weighted by molar-refractivity contribution is -0.127. The first kappa shape index (κ1) is 23.5. The van der Waals surface area contributed by atoms with Gasteiger partial charge < -0.3 is 24.8 Å². The quantitative estimate of drug-likeness (QED) is 0.598. The van der Waals surface area contributed by atoms with Crippen molar-refractivity contribution in [3.8, 4) is 11.5 Å². The smallest absolute Gasteiger partial charge is 0.342 e. The molecule has 2 aliphatic heterocycles. The van der Waals surface area contributed by atoms with Crippen molar-refractivity contribution in [2.45, 2.75) is 44.5 Å². The van der Waals surface area contributed by atoms with E-state index in [1.165, 1.54) is 24.3 Å². The molecule has 3 rings (SSSR count). The minimum Gasteiger partial charge on any atom is -0.507 e. The molecule has 0 bridgehead atoms. The molecule has 32 heavy (non-hydrogen) atoms. The molecule has 3 unspecified atom stereocenters. The number of fused-ring (bicyclic) bond motifs is 1. The average molecular weight is 444 g/mol. The van der Waals surface area contributed by atoms with Crippen LogP contribution in [0.4, 0.5) is 0 Å². The van der Waals surface area contributed by atoms with Crippen LogP contribution in [0.5, 0.6) is 11.5 Å². The van der Waals surface area contributed by atoms with Crippen LogP contribution in [0.2, 0.25) is 0 Å². The Labute approximate surface area is 186 Å². The number of rotatable bonds is 4. The summed E-state index contributed by atoms with van der Waals surface area (Å²) in [7, 11) is 0. The summed E-state index contributed by atoms with van der Waals surface area (Å²) in [5, 5.41) is 36.7. The van der Waals surface area contributed by atoms with E-state index in [0.717, 1.165) is 19.0 Å². The number of aliphatic hydroxyl groups is 2. The van der Waals surface area contributed by atoms with Gasteiger partial charge in [0.05, 0.1) is 12.6 Å². The number of cyclic esters (lactones) is 1. The maximum Gasteiger partial charge on any atom is 0.342 e. The molecule has 0 spiro atoms. The van der Waals surface area contributed by atoms with E-state index in [0.29, 0.717) is 24.5 Å². The van der Waals surface area contributed by atoms with Gasteiger partial charge in [0, 0.05) is 31.7 Å². The lowest BCUT2D eigenvalue weighted by atomic mass is 10.0. The van der Waals surface area contributed by atoms with Gasteiger partial charge >= 0.3 is 5.97 Å². The van der Waals surface area contributed by atoms with Gasteiger partial charge in [-0.05, 0) is 31.1 Å². The molecule has 3 N–H and O–H groups in total. The molecule has 1 aromatic carbocycles. The summed E-state index contributed by atoms with van der Waals surface area (Å²) in [5.74, 6) is -1.28. The van der Waals surface area contributed by atoms with Crippen molar-refractivity contribution in [2.24, 2.45) is 5.10 Å². The molecule has 9 nitrogen and oxygen atoms in total. The van der Waals surface area contributed by atoms with Crippen LogP contribution in [0.1, 0.15) is 42.1 Å². The molecule has 9 heteroatoms. The Morgan fingerprint density at radius 2 is 1.97 bits per heavy atom. The zero-order chi connectivity index (χ0) is 23.1. The van der Waals surface area contributed by atoms with Crippen LogP contribution in [0.25, 0.3) is 6.08 Å². The number of carbonyl (C=O) groups excluding carboxylic acids is 2. The maximum atomic E-state index is 12.7. The molecular formula is C23H28N2O7. The largest absolute Gasteiger partial charge is 0.507 e. The second kappa shape index (κ2) is 10.9. The van der Waals surface area contributed by atoms with Crippen molar-refractivity contribution in [3.05, 3.63) is 41.5 Å². The van der Waals surface area contributed by atoms with Gasteiger partial charge in [-0.3, -0.25) is 9.80 Å². The van der Waals surface area contributed by atoms with Gasteiger partial charge in [-0.25, -0.2) is 4.79 Å². The van der Waals surface area contributed by atoms with Gasteiger partial charge in [-0.15, -0.1) is 0 Å². The summed E-state index contributed by atoms with van der Waals surface area (Å²) in [6.07, 6.45) is 5.13. The molecule has 0 aromatic heterocycles. The van der Waals surface area contributed by atoms with Crippen LogP contribution in [0.15, 0.2) is 35.5 Å². The van der Waals surface area contributed by atoms with Crippen molar-refractivity contribution < 1.29 is 34.4 Å². The highest BCUT2D eigenvalue weighted by atomic mass is 16.5. The Morgan fingerprint density at radius 3 is 2.72 bits per heavy atom. The fourth-order valence-corrected chi connectivity index (χ4v) is 3.35. The number of phenolic OH excluding ortho intramolecular Hbond substituents is 1. The SMILES string of the molecule is CC1C/C=C\C(=O)C(O)C(O)C/C=C/c2cc(OCCN3CCC=N3)cc(O)c2C(=O)O1. The normalized spacial score (nSPS) is 26.2. The van der Waals surface area contributed by atoms with Gasteiger partial charge in [0.1, 0.15) is 35.9 Å². The third-order valence-corrected chi connectivity index (χ3v) is 5.09. The van der Waals surface area contributed by atoms with Crippen molar-refractivity contribution in [1.29, 1.82) is 0 Å². The van der Waals surface area contributed by atoms with Crippen molar-refractivity contribution in [3.63, 3.8) is 0 Å². The first-order valence-corrected chi connectivity index (χ1v) is 10.6. The number of ketones is 1. The number of carbonyl (C=O) groups is 2. The first-order chi connectivity index (χ1) is 15.3. The van der Waals surface area contributed by atoms with Crippen LogP contribution in [0.3, 0.4) is 0 Å². The van der Waals surface area contributed by atoms with E-state index in [1.807, 2.05) is 11.2 Å². The number of ether oxygens (including phenoxy) is 2. The lowest BCUT2D eigenvalue weighted by Gasteiger charge is -2.17. The molecule has 1 aromatic rings. The number of esters is 1. The highest BCUT2D eigenvalue weighted by Crippen LogP contribution is 2.30. The molecule has 0 fully saturated rings. The minimum absolute atomic E-state index is 0.0308. The first-order valence-electron chi connectivity index (χ1n) is 10.6. The Morgan fingerprint density at radius 1 is 1.19 bits per heavy atom. The Balaban J connectivity index is 1.84. The lowest BCUT2D eigenvalue weighted by Crippen LogP contribution is -2.32. The highest BCUT2D eigenvalue weighted by Gasteiger charge is 2.23. The molecule has 2 aliphatic rings. The number of hydrazone groups is 1. The monoisotopic (exact) mass is 444 g/mol. The van der Waals surface area contributed by atoms with E-state index in [-0.39, 0.29) is 24.2 Å². The maximum absolute atomic E-state index is 12.7. The predicted molar refractivity (Wildman–Crippen MR) is 118 cm³/mol. The van der Waals surface area contributed by atoms with Gasteiger partial charge in [-0.2, -0.15) is 5.10 Å². The molecular weight excluding hydrogens is 416 g/mol. The van der Waals surface area contributed by atoms with Gasteiger partial charge in [-0.1, -0.05) is 18.2 Å². The molecule has 0 saturated carbocycles. The summed E-state index contributed by atoms with van der Waals surface area (Å²) in [6.45, 7) is 3.39. The summed E-state index contributed by atoms with van der Waals surface area (Å²) >= 11 is 0. The van der Waals surface area contributed by atoms with Crippen molar-refractivity contribution in [2.75, 3.05) is 19.7 Å². The molecule has 0 amide bonds. The van der Waals surface area contributed by atoms with Crippen LogP contribution >= 0.6 is 0 Å². The van der Waals surface area contributed by atoms with Crippen molar-refractivity contribution >= 4 is 24.0 Å². The molecule has 0 saturated heterocycles. The summed E-state index contributed by atoms with van der Waals surface area (Å²) in [5.41, 5.74) is 0.300. The summed E-state index contributed by atoms with van der Waals surface area (Å²) in [6, 6.07) is 2.94. The Hall–Kier alpha value is -3.17. The third-order valence-electron chi connectivity index (χ3n) is 5.09. The zero-order valence-corrected chi connectivity index (χ0v) is 17.9. The molecule has 0 radical (unpaired) electrons.